The second kappa shape index (κ2) is 4.53. The van der Waals surface area contributed by atoms with Crippen LogP contribution in [0.1, 0.15) is 24.6 Å². The van der Waals surface area contributed by atoms with Crippen molar-refractivity contribution in [3.63, 3.8) is 0 Å². The summed E-state index contributed by atoms with van der Waals surface area (Å²) < 4.78 is 0. The highest BCUT2D eigenvalue weighted by atomic mass is 15.2. The van der Waals surface area contributed by atoms with Crippen molar-refractivity contribution < 1.29 is 0 Å². The van der Waals surface area contributed by atoms with E-state index in [0.717, 1.165) is 24.5 Å². The van der Waals surface area contributed by atoms with E-state index < -0.39 is 0 Å². The molecule has 3 heteroatoms. The molecule has 1 aliphatic heterocycles. The summed E-state index contributed by atoms with van der Waals surface area (Å²) in [5.41, 5.74) is 1.15. The van der Waals surface area contributed by atoms with Gasteiger partial charge in [0.15, 0.2) is 0 Å². The highest BCUT2D eigenvalue weighted by molar-refractivity contribution is 5.42. The molecule has 3 nitrogen and oxygen atoms in total. The minimum absolute atomic E-state index is 0.381. The molecule has 0 aliphatic carbocycles. The van der Waals surface area contributed by atoms with Crippen molar-refractivity contribution >= 4 is 5.82 Å². The van der Waals surface area contributed by atoms with E-state index in [9.17, 15) is 0 Å². The molecule has 3 heterocycles. The fourth-order valence-electron chi connectivity index (χ4n) is 2.45. The van der Waals surface area contributed by atoms with Crippen LogP contribution in [0.4, 0.5) is 5.82 Å². The van der Waals surface area contributed by atoms with Crippen molar-refractivity contribution in [1.29, 1.82) is 0 Å². The number of anilines is 1. The fourth-order valence-corrected chi connectivity index (χ4v) is 2.45. The lowest BCUT2D eigenvalue weighted by Crippen LogP contribution is -2.23. The quantitative estimate of drug-likeness (QED) is 0.787. The largest absolute Gasteiger partial charge is 0.348 e. The number of rotatable bonds is 2. The molecule has 86 valence electrons. The molecule has 0 bridgehead atoms. The third-order valence-corrected chi connectivity index (χ3v) is 3.23. The minimum Gasteiger partial charge on any atom is -0.348 e. The highest BCUT2D eigenvalue weighted by Crippen LogP contribution is 2.33. The first kappa shape index (κ1) is 10.3. The molecule has 1 fully saturated rings. The third-order valence-electron chi connectivity index (χ3n) is 3.23. The van der Waals surface area contributed by atoms with Crippen molar-refractivity contribution in [3.8, 4) is 0 Å². The van der Waals surface area contributed by atoms with E-state index in [-0.39, 0.29) is 0 Å². The molecule has 1 saturated heterocycles. The zero-order chi connectivity index (χ0) is 11.5. The molecule has 0 N–H and O–H groups in total. The van der Waals surface area contributed by atoms with Crippen LogP contribution in [0.5, 0.6) is 0 Å². The molecule has 2 aromatic heterocycles. The molecule has 0 spiro atoms. The number of hydrogen-bond acceptors (Lipinski definition) is 3. The summed E-state index contributed by atoms with van der Waals surface area (Å²) in [4.78, 5) is 11.3. The fraction of sp³-hybridized carbons (Fsp3) is 0.286. The molecule has 0 radical (unpaired) electrons. The lowest BCUT2D eigenvalue weighted by Gasteiger charge is -2.25. The Hall–Kier alpha value is -1.90. The van der Waals surface area contributed by atoms with Gasteiger partial charge in [-0.05, 0) is 37.1 Å². The van der Waals surface area contributed by atoms with E-state index in [4.69, 9.17) is 0 Å². The lowest BCUT2D eigenvalue weighted by molar-refractivity contribution is 0.688. The van der Waals surface area contributed by atoms with Crippen LogP contribution in [0.3, 0.4) is 0 Å². The number of aromatic nitrogens is 2. The normalized spacial score (nSPS) is 19.5. The summed E-state index contributed by atoms with van der Waals surface area (Å²) >= 11 is 0. The van der Waals surface area contributed by atoms with Gasteiger partial charge in [0.25, 0.3) is 0 Å². The van der Waals surface area contributed by atoms with Gasteiger partial charge in [0, 0.05) is 18.9 Å². The van der Waals surface area contributed by atoms with Crippen LogP contribution in [-0.4, -0.2) is 16.5 Å². The maximum atomic E-state index is 4.47. The van der Waals surface area contributed by atoms with E-state index in [2.05, 4.69) is 33.1 Å². The first-order chi connectivity index (χ1) is 8.45. The second-order valence-electron chi connectivity index (χ2n) is 4.29. The first-order valence-corrected chi connectivity index (χ1v) is 6.04. The van der Waals surface area contributed by atoms with Gasteiger partial charge in [-0.3, -0.25) is 4.98 Å². The molecule has 2 aromatic rings. The molecular weight excluding hydrogens is 210 g/mol. The van der Waals surface area contributed by atoms with E-state index >= 15 is 0 Å². The van der Waals surface area contributed by atoms with Crippen LogP contribution in [0.2, 0.25) is 0 Å². The first-order valence-electron chi connectivity index (χ1n) is 6.04. The molecule has 0 amide bonds. The monoisotopic (exact) mass is 225 g/mol. The van der Waals surface area contributed by atoms with Gasteiger partial charge in [0.1, 0.15) is 5.82 Å². The summed E-state index contributed by atoms with van der Waals surface area (Å²) in [6, 6.07) is 12.6. The van der Waals surface area contributed by atoms with Gasteiger partial charge in [0.05, 0.1) is 11.7 Å². The molecule has 0 unspecified atom stereocenters. The zero-order valence-electron chi connectivity index (χ0n) is 9.66. The van der Waals surface area contributed by atoms with Gasteiger partial charge in [-0.2, -0.15) is 0 Å². The topological polar surface area (TPSA) is 29.0 Å². The Morgan fingerprint density at radius 3 is 2.53 bits per heavy atom. The average molecular weight is 225 g/mol. The van der Waals surface area contributed by atoms with Gasteiger partial charge < -0.3 is 4.90 Å². The number of hydrogen-bond donors (Lipinski definition) is 0. The van der Waals surface area contributed by atoms with E-state index in [1.807, 2.05) is 30.6 Å². The molecule has 17 heavy (non-hydrogen) atoms. The van der Waals surface area contributed by atoms with Crippen LogP contribution in [0, 0.1) is 0 Å². The summed E-state index contributed by atoms with van der Waals surface area (Å²) in [5.74, 6) is 1.06. The van der Waals surface area contributed by atoms with Gasteiger partial charge in [-0.15, -0.1) is 0 Å². The average Bonchev–Trinajstić information content (AvgIpc) is 2.90. The Morgan fingerprint density at radius 1 is 1.00 bits per heavy atom. The number of pyridine rings is 2. The molecule has 3 rings (SSSR count). The van der Waals surface area contributed by atoms with Crippen molar-refractivity contribution in [1.82, 2.24) is 9.97 Å². The summed E-state index contributed by atoms with van der Waals surface area (Å²) in [6.07, 6.45) is 6.08. The van der Waals surface area contributed by atoms with Crippen LogP contribution in [-0.2, 0) is 0 Å². The Labute approximate surface area is 101 Å². The van der Waals surface area contributed by atoms with Crippen molar-refractivity contribution in [2.24, 2.45) is 0 Å². The van der Waals surface area contributed by atoms with Crippen molar-refractivity contribution in [2.45, 2.75) is 18.9 Å². The van der Waals surface area contributed by atoms with Crippen molar-refractivity contribution in [2.75, 3.05) is 11.4 Å². The summed E-state index contributed by atoms with van der Waals surface area (Å²) in [5, 5.41) is 0. The Balaban J connectivity index is 1.91. The van der Waals surface area contributed by atoms with Gasteiger partial charge in [-0.25, -0.2) is 4.98 Å². The maximum Gasteiger partial charge on any atom is 0.129 e. The predicted molar refractivity (Wildman–Crippen MR) is 67.8 cm³/mol. The Kier molecular flexibility index (Phi) is 2.74. The minimum atomic E-state index is 0.381. The molecule has 0 saturated carbocycles. The zero-order valence-corrected chi connectivity index (χ0v) is 9.66. The van der Waals surface area contributed by atoms with Crippen LogP contribution in [0.15, 0.2) is 48.8 Å². The third kappa shape index (κ3) is 2.00. The van der Waals surface area contributed by atoms with Gasteiger partial charge in [-0.1, -0.05) is 12.1 Å². The van der Waals surface area contributed by atoms with Gasteiger partial charge >= 0.3 is 0 Å². The Bertz CT molecular complexity index is 424. The molecular formula is C14H15N3. The van der Waals surface area contributed by atoms with Crippen LogP contribution in [0.25, 0.3) is 0 Å². The van der Waals surface area contributed by atoms with E-state index in [1.54, 1.807) is 0 Å². The predicted octanol–water partition coefficient (Wildman–Crippen LogP) is 2.82. The number of nitrogens with zero attached hydrogens (tertiary/aromatic N) is 3. The second-order valence-corrected chi connectivity index (χ2v) is 4.29. The summed E-state index contributed by atoms with van der Waals surface area (Å²) in [7, 11) is 0. The smallest absolute Gasteiger partial charge is 0.129 e. The van der Waals surface area contributed by atoms with E-state index in [1.165, 1.54) is 6.42 Å². The van der Waals surface area contributed by atoms with E-state index in [0.29, 0.717) is 6.04 Å². The van der Waals surface area contributed by atoms with Crippen molar-refractivity contribution in [3.05, 3.63) is 54.5 Å². The van der Waals surface area contributed by atoms with Gasteiger partial charge in [0.2, 0.25) is 0 Å². The molecule has 1 aliphatic rings. The molecule has 0 aromatic carbocycles. The van der Waals surface area contributed by atoms with Crippen LogP contribution < -0.4 is 4.90 Å². The SMILES string of the molecule is c1ccc([C@@H]2CCCN2c2ccccn2)nc1. The highest BCUT2D eigenvalue weighted by Gasteiger charge is 2.27. The maximum absolute atomic E-state index is 4.47. The summed E-state index contributed by atoms with van der Waals surface area (Å²) in [6.45, 7) is 1.07. The Morgan fingerprint density at radius 2 is 1.82 bits per heavy atom. The lowest BCUT2D eigenvalue weighted by atomic mass is 10.1. The molecule has 1 atom stereocenters. The van der Waals surface area contributed by atoms with Crippen LogP contribution >= 0.6 is 0 Å². The standard InChI is InChI=1S/C14H15N3/c1-3-9-15-12(6-1)13-7-5-11-17(13)14-8-2-4-10-16-14/h1-4,6,8-10,13H,5,7,11H2/t13-/m0/s1.